The minimum absolute atomic E-state index is 0.218. The normalized spacial score (nSPS) is 29.9. The first-order valence-electron chi connectivity index (χ1n) is 6.75. The Morgan fingerprint density at radius 3 is 2.67 bits per heavy atom. The molecular weight excluding hydrogens is 232 g/mol. The van der Waals surface area contributed by atoms with Crippen molar-refractivity contribution < 1.29 is 14.6 Å². The van der Waals surface area contributed by atoms with Gasteiger partial charge in [-0.1, -0.05) is 0 Å². The minimum Gasteiger partial charge on any atom is -0.444 e. The number of carbonyl (C=O) groups is 1. The maximum atomic E-state index is 12.0. The second-order valence-electron chi connectivity index (χ2n) is 6.29. The third kappa shape index (κ3) is 3.36. The average Bonchev–Trinajstić information content (AvgIpc) is 2.25. The van der Waals surface area contributed by atoms with Gasteiger partial charge >= 0.3 is 6.09 Å². The lowest BCUT2D eigenvalue weighted by Gasteiger charge is -2.45. The van der Waals surface area contributed by atoms with Crippen LogP contribution in [-0.2, 0) is 4.74 Å². The summed E-state index contributed by atoms with van der Waals surface area (Å²) in [5.41, 5.74) is -0.444. The molecule has 2 atom stereocenters. The summed E-state index contributed by atoms with van der Waals surface area (Å²) in [6, 6.07) is 0.287. The molecule has 0 aromatic heterocycles. The van der Waals surface area contributed by atoms with Gasteiger partial charge in [0.05, 0.1) is 6.10 Å². The molecule has 0 radical (unpaired) electrons. The molecule has 2 rings (SSSR count). The van der Waals surface area contributed by atoms with Crippen molar-refractivity contribution in [3.63, 3.8) is 0 Å². The van der Waals surface area contributed by atoms with Crippen LogP contribution in [-0.4, -0.2) is 64.9 Å². The van der Waals surface area contributed by atoms with Gasteiger partial charge in [0.15, 0.2) is 0 Å². The number of rotatable bonds is 0. The van der Waals surface area contributed by atoms with Crippen molar-refractivity contribution >= 4 is 6.09 Å². The van der Waals surface area contributed by atoms with E-state index in [1.807, 2.05) is 20.8 Å². The molecule has 2 aliphatic rings. The Morgan fingerprint density at radius 2 is 2.00 bits per heavy atom. The van der Waals surface area contributed by atoms with Crippen LogP contribution in [0.4, 0.5) is 4.79 Å². The molecule has 2 aliphatic heterocycles. The van der Waals surface area contributed by atoms with Crippen LogP contribution < -0.4 is 0 Å². The lowest BCUT2D eigenvalue weighted by molar-refractivity contribution is -0.0226. The van der Waals surface area contributed by atoms with E-state index >= 15 is 0 Å². The number of amides is 1. The van der Waals surface area contributed by atoms with Gasteiger partial charge in [0.25, 0.3) is 0 Å². The van der Waals surface area contributed by atoms with Crippen molar-refractivity contribution in [2.24, 2.45) is 0 Å². The van der Waals surface area contributed by atoms with Crippen molar-refractivity contribution in [1.29, 1.82) is 0 Å². The standard InChI is InChI=1S/C13H24N2O3/c1-13(2,3)18-12(17)15-7-6-14-5-4-11(16)8-10(14)9-15/h10-11,16H,4-9H2,1-3H3/t10-,11+/m1/s1. The molecule has 1 N–H and O–H groups in total. The topological polar surface area (TPSA) is 53.0 Å². The van der Waals surface area contributed by atoms with Crippen LogP contribution in [0.25, 0.3) is 0 Å². The number of piperazine rings is 1. The SMILES string of the molecule is CC(C)(C)OC(=O)N1CCN2CC[C@H](O)C[C@@H]2C1. The molecule has 2 fully saturated rings. The fourth-order valence-electron chi connectivity index (χ4n) is 2.65. The van der Waals surface area contributed by atoms with E-state index < -0.39 is 5.60 Å². The fraction of sp³-hybridized carbons (Fsp3) is 0.923. The Hall–Kier alpha value is -0.810. The lowest BCUT2D eigenvalue weighted by Crippen LogP contribution is -2.58. The van der Waals surface area contributed by atoms with E-state index in [0.29, 0.717) is 6.54 Å². The number of piperidine rings is 1. The molecule has 0 spiro atoms. The van der Waals surface area contributed by atoms with Crippen LogP contribution in [0.1, 0.15) is 33.6 Å². The first kappa shape index (κ1) is 13.6. The van der Waals surface area contributed by atoms with Gasteiger partial charge in [-0.05, 0) is 33.6 Å². The van der Waals surface area contributed by atoms with Crippen molar-refractivity contribution in [1.82, 2.24) is 9.80 Å². The van der Waals surface area contributed by atoms with Gasteiger partial charge < -0.3 is 14.7 Å². The molecule has 5 heteroatoms. The maximum Gasteiger partial charge on any atom is 0.410 e. The highest BCUT2D eigenvalue weighted by Crippen LogP contribution is 2.22. The lowest BCUT2D eigenvalue weighted by atomic mass is 9.97. The number of hydrogen-bond donors (Lipinski definition) is 1. The third-order valence-corrected chi connectivity index (χ3v) is 3.55. The molecule has 2 saturated heterocycles. The molecule has 0 unspecified atom stereocenters. The number of nitrogens with zero attached hydrogens (tertiary/aromatic N) is 2. The zero-order valence-corrected chi connectivity index (χ0v) is 11.6. The highest BCUT2D eigenvalue weighted by Gasteiger charge is 2.35. The van der Waals surface area contributed by atoms with Crippen LogP contribution in [0.3, 0.4) is 0 Å². The largest absolute Gasteiger partial charge is 0.444 e. The highest BCUT2D eigenvalue weighted by atomic mass is 16.6. The van der Waals surface area contributed by atoms with Crippen LogP contribution in [0.2, 0.25) is 0 Å². The molecule has 2 heterocycles. The summed E-state index contributed by atoms with van der Waals surface area (Å²) in [5.74, 6) is 0. The van der Waals surface area contributed by atoms with Crippen LogP contribution >= 0.6 is 0 Å². The van der Waals surface area contributed by atoms with E-state index in [2.05, 4.69) is 4.90 Å². The maximum absolute atomic E-state index is 12.0. The van der Waals surface area contributed by atoms with E-state index in [1.165, 1.54) is 0 Å². The quantitative estimate of drug-likeness (QED) is 0.704. The van der Waals surface area contributed by atoms with Gasteiger partial charge in [-0.25, -0.2) is 4.79 Å². The average molecular weight is 256 g/mol. The summed E-state index contributed by atoms with van der Waals surface area (Å²) in [6.07, 6.45) is 1.16. The van der Waals surface area contributed by atoms with Gasteiger partial charge in [-0.2, -0.15) is 0 Å². The van der Waals surface area contributed by atoms with Gasteiger partial charge in [0.1, 0.15) is 5.60 Å². The number of carbonyl (C=O) groups excluding carboxylic acids is 1. The van der Waals surface area contributed by atoms with E-state index in [4.69, 9.17) is 4.74 Å². The fourth-order valence-corrected chi connectivity index (χ4v) is 2.65. The molecule has 0 saturated carbocycles. The van der Waals surface area contributed by atoms with E-state index in [1.54, 1.807) is 4.90 Å². The number of aliphatic hydroxyl groups is 1. The van der Waals surface area contributed by atoms with E-state index in [-0.39, 0.29) is 18.2 Å². The predicted octanol–water partition coefficient (Wildman–Crippen LogP) is 1.06. The van der Waals surface area contributed by atoms with Gasteiger partial charge in [-0.15, -0.1) is 0 Å². The zero-order chi connectivity index (χ0) is 13.3. The second-order valence-corrected chi connectivity index (χ2v) is 6.29. The number of hydrogen-bond acceptors (Lipinski definition) is 4. The van der Waals surface area contributed by atoms with Gasteiger partial charge in [0, 0.05) is 32.2 Å². The molecule has 0 bridgehead atoms. The molecule has 0 aromatic rings. The van der Waals surface area contributed by atoms with E-state index in [0.717, 1.165) is 32.5 Å². The van der Waals surface area contributed by atoms with Crippen molar-refractivity contribution in [2.45, 2.75) is 51.4 Å². The molecule has 18 heavy (non-hydrogen) atoms. The summed E-state index contributed by atoms with van der Waals surface area (Å²) < 4.78 is 5.39. The molecule has 104 valence electrons. The first-order chi connectivity index (χ1) is 8.35. The van der Waals surface area contributed by atoms with Crippen LogP contribution in [0, 0.1) is 0 Å². The van der Waals surface area contributed by atoms with Gasteiger partial charge in [-0.3, -0.25) is 4.90 Å². The molecule has 1 amide bonds. The monoisotopic (exact) mass is 256 g/mol. The van der Waals surface area contributed by atoms with Crippen LogP contribution in [0.5, 0.6) is 0 Å². The number of aliphatic hydroxyl groups excluding tert-OH is 1. The first-order valence-corrected chi connectivity index (χ1v) is 6.75. The smallest absolute Gasteiger partial charge is 0.410 e. The summed E-state index contributed by atoms with van der Waals surface area (Å²) >= 11 is 0. The van der Waals surface area contributed by atoms with Crippen molar-refractivity contribution in [2.75, 3.05) is 26.2 Å². The molecule has 0 aromatic carbocycles. The second kappa shape index (κ2) is 5.05. The highest BCUT2D eigenvalue weighted by molar-refractivity contribution is 5.68. The summed E-state index contributed by atoms with van der Waals surface area (Å²) in [5, 5.41) is 9.70. The van der Waals surface area contributed by atoms with Crippen molar-refractivity contribution in [3.8, 4) is 0 Å². The van der Waals surface area contributed by atoms with Gasteiger partial charge in [0.2, 0.25) is 0 Å². The Balaban J connectivity index is 1.91. The Bertz CT molecular complexity index is 314. The predicted molar refractivity (Wildman–Crippen MR) is 68.4 cm³/mol. The van der Waals surface area contributed by atoms with E-state index in [9.17, 15) is 9.90 Å². The summed E-state index contributed by atoms with van der Waals surface area (Å²) in [4.78, 5) is 16.1. The Kier molecular flexibility index (Phi) is 3.82. The summed E-state index contributed by atoms with van der Waals surface area (Å²) in [6.45, 7) is 8.86. The molecular formula is C13H24N2O3. The number of ether oxygens (including phenoxy) is 1. The zero-order valence-electron chi connectivity index (χ0n) is 11.6. The Labute approximate surface area is 109 Å². The Morgan fingerprint density at radius 1 is 1.28 bits per heavy atom. The minimum atomic E-state index is -0.444. The number of fused-ring (bicyclic) bond motifs is 1. The third-order valence-electron chi connectivity index (χ3n) is 3.55. The van der Waals surface area contributed by atoms with Crippen LogP contribution in [0.15, 0.2) is 0 Å². The molecule has 0 aliphatic carbocycles. The molecule has 5 nitrogen and oxygen atoms in total. The van der Waals surface area contributed by atoms with Crippen molar-refractivity contribution in [3.05, 3.63) is 0 Å². The summed E-state index contributed by atoms with van der Waals surface area (Å²) in [7, 11) is 0.